The number of aryl methyl sites for hydroxylation is 2. The molecule has 37 heavy (non-hydrogen) atoms. The van der Waals surface area contributed by atoms with E-state index in [1.54, 1.807) is 11.8 Å². The Hall–Kier alpha value is -3.41. The zero-order valence-corrected chi connectivity index (χ0v) is 22.5. The van der Waals surface area contributed by atoms with Crippen molar-refractivity contribution in [3.8, 4) is 0 Å². The first-order valence-corrected chi connectivity index (χ1v) is 13.3. The summed E-state index contributed by atoms with van der Waals surface area (Å²) in [4.78, 5) is 42.7. The Kier molecular flexibility index (Phi) is 8.16. The van der Waals surface area contributed by atoms with Gasteiger partial charge in [0.25, 0.3) is 0 Å². The number of rotatable bonds is 10. The number of hydrogen-bond acceptors (Lipinski definition) is 4. The molecule has 1 heterocycles. The van der Waals surface area contributed by atoms with Crippen molar-refractivity contribution >= 4 is 23.9 Å². The van der Waals surface area contributed by atoms with E-state index in [2.05, 4.69) is 36.4 Å². The van der Waals surface area contributed by atoms with Gasteiger partial charge in [0.15, 0.2) is 0 Å². The van der Waals surface area contributed by atoms with Crippen molar-refractivity contribution in [2.75, 3.05) is 19.7 Å². The summed E-state index contributed by atoms with van der Waals surface area (Å²) in [5, 5.41) is 0. The minimum atomic E-state index is -0.877. The number of carbonyl (C=O) groups excluding carboxylic acids is 3. The van der Waals surface area contributed by atoms with Gasteiger partial charge in [-0.25, -0.2) is 0 Å². The Morgan fingerprint density at radius 3 is 2.49 bits per heavy atom. The maximum atomic E-state index is 14.0. The average Bonchev–Trinajstić information content (AvgIpc) is 3.29. The molecule has 1 aliphatic heterocycles. The minimum Gasteiger partial charge on any atom is -0.466 e. The lowest BCUT2D eigenvalue weighted by Gasteiger charge is -2.51. The van der Waals surface area contributed by atoms with E-state index in [1.807, 2.05) is 37.8 Å². The second-order valence-electron chi connectivity index (χ2n) is 10.5. The van der Waals surface area contributed by atoms with Crippen molar-refractivity contribution < 1.29 is 19.1 Å². The number of amides is 2. The molecule has 6 heteroatoms. The van der Waals surface area contributed by atoms with Crippen LogP contribution >= 0.6 is 0 Å². The predicted octanol–water partition coefficient (Wildman–Crippen LogP) is 4.78. The average molecular weight is 503 g/mol. The molecule has 1 fully saturated rings. The Bertz CT molecular complexity index is 1200. The topological polar surface area (TPSA) is 66.9 Å². The molecule has 1 atom stereocenters. The summed E-state index contributed by atoms with van der Waals surface area (Å²) in [5.41, 5.74) is 5.89. The van der Waals surface area contributed by atoms with Crippen molar-refractivity contribution in [3.63, 3.8) is 0 Å². The van der Waals surface area contributed by atoms with Crippen LogP contribution in [0.4, 0.5) is 0 Å². The van der Waals surface area contributed by atoms with Gasteiger partial charge in [-0.3, -0.25) is 14.4 Å². The van der Waals surface area contributed by atoms with Crippen molar-refractivity contribution in [3.05, 3.63) is 75.9 Å². The minimum absolute atomic E-state index is 0.0258. The number of carbonyl (C=O) groups is 3. The van der Waals surface area contributed by atoms with Crippen molar-refractivity contribution in [1.82, 2.24) is 9.80 Å². The normalized spacial score (nSPS) is 17.8. The van der Waals surface area contributed by atoms with Gasteiger partial charge in [-0.2, -0.15) is 0 Å². The van der Waals surface area contributed by atoms with Crippen LogP contribution in [-0.2, 0) is 38.5 Å². The molecule has 2 aromatic carbocycles. The highest BCUT2D eigenvalue weighted by Crippen LogP contribution is 2.34. The number of fused-ring (bicyclic) bond motifs is 1. The largest absolute Gasteiger partial charge is 0.466 e. The summed E-state index contributed by atoms with van der Waals surface area (Å²) >= 11 is 0. The first kappa shape index (κ1) is 26.6. The molecule has 1 unspecified atom stereocenters. The number of nitrogens with zero attached hydrogens (tertiary/aromatic N) is 2. The summed E-state index contributed by atoms with van der Waals surface area (Å²) < 4.78 is 5.07. The van der Waals surface area contributed by atoms with Crippen LogP contribution in [0.5, 0.6) is 0 Å². The second kappa shape index (κ2) is 11.3. The highest BCUT2D eigenvalue weighted by Gasteiger charge is 2.50. The Balaban J connectivity index is 1.49. The van der Waals surface area contributed by atoms with Crippen LogP contribution in [0.15, 0.2) is 42.5 Å². The zero-order chi connectivity index (χ0) is 26.6. The van der Waals surface area contributed by atoms with Gasteiger partial charge in [0, 0.05) is 26.1 Å². The highest BCUT2D eigenvalue weighted by molar-refractivity contribution is 5.93. The van der Waals surface area contributed by atoms with Crippen LogP contribution in [0.25, 0.3) is 6.08 Å². The van der Waals surface area contributed by atoms with E-state index in [-0.39, 0.29) is 30.6 Å². The van der Waals surface area contributed by atoms with E-state index in [4.69, 9.17) is 4.74 Å². The van der Waals surface area contributed by atoms with Gasteiger partial charge in [0.1, 0.15) is 5.54 Å². The second-order valence-corrected chi connectivity index (χ2v) is 10.5. The van der Waals surface area contributed by atoms with Crippen molar-refractivity contribution in [2.45, 2.75) is 71.9 Å². The van der Waals surface area contributed by atoms with Gasteiger partial charge < -0.3 is 14.5 Å². The fourth-order valence-electron chi connectivity index (χ4n) is 5.49. The third kappa shape index (κ3) is 6.12. The lowest BCUT2D eigenvalue weighted by Crippen LogP contribution is -2.68. The summed E-state index contributed by atoms with van der Waals surface area (Å²) in [6.45, 7) is 9.53. The molecule has 4 rings (SSSR count). The standard InChI is InChI=1S/C31H38N2O4/c1-5-37-29(35)10-7-14-32(21-24-11-12-26-8-6-9-27(26)19-24)30(36)31(4)13-15-33(31)28(34)20-25-17-22(2)16-23(3)18-25/h6,8,11-12,16-19H,5,7,9-10,13-15,20-21H2,1-4H3. The van der Waals surface area contributed by atoms with E-state index in [0.717, 1.165) is 28.7 Å². The van der Waals surface area contributed by atoms with E-state index < -0.39 is 5.54 Å². The van der Waals surface area contributed by atoms with Gasteiger partial charge in [0.05, 0.1) is 13.0 Å². The molecule has 0 N–H and O–H groups in total. The molecular weight excluding hydrogens is 464 g/mol. The Morgan fingerprint density at radius 2 is 1.81 bits per heavy atom. The number of likely N-dealkylation sites (tertiary alicyclic amines) is 1. The molecule has 2 amide bonds. The van der Waals surface area contributed by atoms with Gasteiger partial charge in [0.2, 0.25) is 11.8 Å². The first-order chi connectivity index (χ1) is 17.7. The smallest absolute Gasteiger partial charge is 0.305 e. The fraction of sp³-hybridized carbons (Fsp3) is 0.452. The molecule has 0 saturated carbocycles. The lowest BCUT2D eigenvalue weighted by atomic mass is 9.84. The summed E-state index contributed by atoms with van der Waals surface area (Å²) in [5.74, 6) is -0.337. The lowest BCUT2D eigenvalue weighted by molar-refractivity contribution is -0.164. The third-order valence-electron chi connectivity index (χ3n) is 7.43. The number of ether oxygens (including phenoxy) is 1. The van der Waals surface area contributed by atoms with Crippen LogP contribution in [0.1, 0.15) is 66.5 Å². The third-order valence-corrected chi connectivity index (χ3v) is 7.43. The molecule has 196 valence electrons. The quantitative estimate of drug-likeness (QED) is 0.439. The van der Waals surface area contributed by atoms with Gasteiger partial charge in [-0.1, -0.05) is 59.7 Å². The van der Waals surface area contributed by atoms with E-state index in [9.17, 15) is 14.4 Å². The molecular formula is C31H38N2O4. The molecule has 1 aliphatic carbocycles. The van der Waals surface area contributed by atoms with Crippen LogP contribution < -0.4 is 0 Å². The van der Waals surface area contributed by atoms with Gasteiger partial charge in [-0.05, 0) is 69.2 Å². The summed E-state index contributed by atoms with van der Waals surface area (Å²) in [6, 6.07) is 12.5. The number of allylic oxidation sites excluding steroid dienone is 1. The maximum Gasteiger partial charge on any atom is 0.305 e. The molecule has 0 spiro atoms. The summed E-state index contributed by atoms with van der Waals surface area (Å²) in [6.07, 6.45) is 6.86. The molecule has 2 aromatic rings. The van der Waals surface area contributed by atoms with Gasteiger partial charge >= 0.3 is 5.97 Å². The fourth-order valence-corrected chi connectivity index (χ4v) is 5.49. The van der Waals surface area contributed by atoms with Crippen LogP contribution in [-0.4, -0.2) is 52.8 Å². The van der Waals surface area contributed by atoms with E-state index in [1.165, 1.54) is 11.1 Å². The molecule has 0 radical (unpaired) electrons. The predicted molar refractivity (Wildman–Crippen MR) is 145 cm³/mol. The molecule has 6 nitrogen and oxygen atoms in total. The van der Waals surface area contributed by atoms with Crippen LogP contribution in [0.2, 0.25) is 0 Å². The van der Waals surface area contributed by atoms with E-state index >= 15 is 0 Å². The SMILES string of the molecule is CCOC(=O)CCCN(Cc1ccc2c(c1)CC=C2)C(=O)C1(C)CCN1C(=O)Cc1cc(C)cc(C)c1. The molecule has 0 bridgehead atoms. The summed E-state index contributed by atoms with van der Waals surface area (Å²) in [7, 11) is 0. The molecule has 2 aliphatic rings. The first-order valence-electron chi connectivity index (χ1n) is 13.3. The zero-order valence-electron chi connectivity index (χ0n) is 22.5. The monoisotopic (exact) mass is 502 g/mol. The van der Waals surface area contributed by atoms with E-state index in [0.29, 0.717) is 39.1 Å². The Morgan fingerprint density at radius 1 is 1.05 bits per heavy atom. The molecule has 0 aromatic heterocycles. The maximum absolute atomic E-state index is 14.0. The number of benzene rings is 2. The highest BCUT2D eigenvalue weighted by atomic mass is 16.5. The molecule has 1 saturated heterocycles. The van der Waals surface area contributed by atoms with Gasteiger partial charge in [-0.15, -0.1) is 0 Å². The van der Waals surface area contributed by atoms with Crippen molar-refractivity contribution in [2.24, 2.45) is 0 Å². The van der Waals surface area contributed by atoms with Crippen LogP contribution in [0.3, 0.4) is 0 Å². The number of hydrogen-bond donors (Lipinski definition) is 0. The Labute approximate surface area is 220 Å². The number of esters is 1. The van der Waals surface area contributed by atoms with Crippen molar-refractivity contribution in [1.29, 1.82) is 0 Å². The van der Waals surface area contributed by atoms with Crippen LogP contribution in [0, 0.1) is 13.8 Å².